The molecule has 3 aromatic rings. The van der Waals surface area contributed by atoms with Crippen LogP contribution in [0.5, 0.6) is 17.4 Å². The van der Waals surface area contributed by atoms with E-state index in [0.29, 0.717) is 29.7 Å². The minimum absolute atomic E-state index is 0.0120. The average molecular weight is 578 g/mol. The zero-order valence-electron chi connectivity index (χ0n) is 24.8. The molecule has 2 aliphatic heterocycles. The van der Waals surface area contributed by atoms with Crippen molar-refractivity contribution >= 4 is 11.6 Å². The third-order valence-corrected chi connectivity index (χ3v) is 7.95. The van der Waals surface area contributed by atoms with Crippen LogP contribution in [0.1, 0.15) is 50.5 Å². The molecule has 1 spiro atoms. The normalized spacial score (nSPS) is 18.8. The molecule has 6 rings (SSSR count). The molecule has 1 amide bonds. The number of ether oxygens (including phenoxy) is 3. The molecule has 2 saturated heterocycles. The van der Waals surface area contributed by atoms with Gasteiger partial charge in [0.15, 0.2) is 11.4 Å². The Morgan fingerprint density at radius 1 is 1.17 bits per heavy atom. The molecule has 10 heteroatoms. The molecule has 224 valence electrons. The van der Waals surface area contributed by atoms with E-state index < -0.39 is 0 Å². The zero-order chi connectivity index (χ0) is 29.7. The fourth-order valence-corrected chi connectivity index (χ4v) is 6.00. The van der Waals surface area contributed by atoms with Crippen LogP contribution in [0.4, 0.5) is 10.1 Å². The third-order valence-electron chi connectivity index (χ3n) is 7.95. The Bertz CT molecular complexity index is 1380. The number of methoxy groups -OCH3 is 1. The number of hydrogen-bond donors (Lipinski definition) is 2. The summed E-state index contributed by atoms with van der Waals surface area (Å²) in [6.45, 7) is 9.70. The van der Waals surface area contributed by atoms with Crippen molar-refractivity contribution < 1.29 is 23.4 Å². The van der Waals surface area contributed by atoms with Crippen molar-refractivity contribution in [1.82, 2.24) is 20.6 Å². The molecule has 9 nitrogen and oxygen atoms in total. The summed E-state index contributed by atoms with van der Waals surface area (Å²) in [5.41, 5.74) is 2.65. The van der Waals surface area contributed by atoms with Crippen LogP contribution in [-0.4, -0.2) is 67.9 Å². The number of hydrogen-bond acceptors (Lipinski definition) is 8. The number of anilines is 1. The summed E-state index contributed by atoms with van der Waals surface area (Å²) in [4.78, 5) is 24.7. The van der Waals surface area contributed by atoms with E-state index in [0.717, 1.165) is 56.7 Å². The van der Waals surface area contributed by atoms with Gasteiger partial charge in [0.2, 0.25) is 5.88 Å². The summed E-state index contributed by atoms with van der Waals surface area (Å²) >= 11 is 0. The maximum Gasteiger partial charge on any atom is 0.274 e. The SMILES string of the molecule is CC.CCOc1ncccc1-c1ccc(OC2CC3(C2)CN(c2ccc(F)cc2OC)C3)c(C(=O)NC2CCNC2)n1. The van der Waals surface area contributed by atoms with E-state index in [2.05, 4.69) is 20.5 Å². The lowest BCUT2D eigenvalue weighted by atomic mass is 9.61. The smallest absolute Gasteiger partial charge is 0.274 e. The maximum absolute atomic E-state index is 13.6. The quantitative estimate of drug-likeness (QED) is 0.372. The highest BCUT2D eigenvalue weighted by Gasteiger charge is 2.54. The Kier molecular flexibility index (Phi) is 9.11. The topological polar surface area (TPSA) is 97.8 Å². The van der Waals surface area contributed by atoms with Crippen LogP contribution in [0.2, 0.25) is 0 Å². The second-order valence-electron chi connectivity index (χ2n) is 10.8. The number of pyridine rings is 2. The fraction of sp³-hybridized carbons (Fsp3) is 0.469. The van der Waals surface area contributed by atoms with Gasteiger partial charge < -0.3 is 29.7 Å². The largest absolute Gasteiger partial charge is 0.494 e. The lowest BCUT2D eigenvalue weighted by Gasteiger charge is -2.59. The molecule has 1 aromatic carbocycles. The number of carbonyl (C=O) groups is 1. The van der Waals surface area contributed by atoms with Crippen LogP contribution in [0.3, 0.4) is 0 Å². The van der Waals surface area contributed by atoms with Gasteiger partial charge in [-0.3, -0.25) is 4.79 Å². The van der Waals surface area contributed by atoms with Gasteiger partial charge in [-0.05, 0) is 69.1 Å². The van der Waals surface area contributed by atoms with Crippen molar-refractivity contribution in [2.45, 2.75) is 52.2 Å². The van der Waals surface area contributed by atoms with Crippen molar-refractivity contribution in [2.24, 2.45) is 5.41 Å². The highest BCUT2D eigenvalue weighted by molar-refractivity contribution is 5.96. The number of aromatic nitrogens is 2. The van der Waals surface area contributed by atoms with Gasteiger partial charge >= 0.3 is 0 Å². The summed E-state index contributed by atoms with van der Waals surface area (Å²) < 4.78 is 31.1. The first kappa shape index (κ1) is 29.6. The summed E-state index contributed by atoms with van der Waals surface area (Å²) in [6, 6.07) is 12.1. The van der Waals surface area contributed by atoms with Gasteiger partial charge in [0.05, 0.1) is 30.7 Å². The van der Waals surface area contributed by atoms with Crippen molar-refractivity contribution in [3.63, 3.8) is 0 Å². The third kappa shape index (κ3) is 6.13. The molecule has 1 aliphatic carbocycles. The molecule has 2 aromatic heterocycles. The molecule has 4 heterocycles. The van der Waals surface area contributed by atoms with Crippen molar-refractivity contribution in [1.29, 1.82) is 0 Å². The van der Waals surface area contributed by atoms with Gasteiger partial charge in [-0.25, -0.2) is 14.4 Å². The molecular formula is C32H40FN5O4. The van der Waals surface area contributed by atoms with E-state index in [4.69, 9.17) is 19.2 Å². The molecule has 3 aliphatic rings. The van der Waals surface area contributed by atoms with E-state index >= 15 is 0 Å². The second-order valence-corrected chi connectivity index (χ2v) is 10.8. The second kappa shape index (κ2) is 12.9. The van der Waals surface area contributed by atoms with Gasteiger partial charge in [-0.15, -0.1) is 0 Å². The molecule has 1 atom stereocenters. The highest BCUT2D eigenvalue weighted by Crippen LogP contribution is 2.52. The molecule has 3 fully saturated rings. The number of nitrogens with zero attached hydrogens (tertiary/aromatic N) is 3. The van der Waals surface area contributed by atoms with Crippen LogP contribution in [-0.2, 0) is 0 Å². The lowest BCUT2D eigenvalue weighted by Crippen LogP contribution is -2.65. The fourth-order valence-electron chi connectivity index (χ4n) is 6.00. The molecule has 1 saturated carbocycles. The number of halogens is 1. The Hall–Kier alpha value is -3.92. The van der Waals surface area contributed by atoms with Gasteiger partial charge in [-0.1, -0.05) is 13.8 Å². The molecule has 2 N–H and O–H groups in total. The predicted octanol–water partition coefficient (Wildman–Crippen LogP) is 4.86. The van der Waals surface area contributed by atoms with Crippen LogP contribution < -0.4 is 29.7 Å². The van der Waals surface area contributed by atoms with Crippen LogP contribution in [0, 0.1) is 11.2 Å². The Morgan fingerprint density at radius 3 is 2.69 bits per heavy atom. The first-order valence-electron chi connectivity index (χ1n) is 14.8. The summed E-state index contributed by atoms with van der Waals surface area (Å²) in [7, 11) is 1.56. The minimum atomic E-state index is -0.311. The average Bonchev–Trinajstić information content (AvgIpc) is 3.48. The Balaban J connectivity index is 0.00000173. The Labute approximate surface area is 246 Å². The standard InChI is InChI=1S/C30H34FN5O4.C2H6/c1-3-39-29-22(5-4-11-33-29)23-7-9-25(27(35-23)28(37)34-20-10-12-32-16-20)40-21-14-30(15-21)17-36(18-30)24-8-6-19(31)13-26(24)38-2;1-2/h4-9,11,13,20-21,32H,3,10,12,14-18H2,1-2H3,(H,34,37);1-2H3. The number of rotatable bonds is 9. The highest BCUT2D eigenvalue weighted by atomic mass is 19.1. The van der Waals surface area contributed by atoms with Crippen molar-refractivity contribution in [3.8, 4) is 28.6 Å². The predicted molar refractivity (Wildman–Crippen MR) is 160 cm³/mol. The van der Waals surface area contributed by atoms with Gasteiger partial charge in [0.1, 0.15) is 17.7 Å². The molecule has 42 heavy (non-hydrogen) atoms. The van der Waals surface area contributed by atoms with Crippen LogP contribution >= 0.6 is 0 Å². The monoisotopic (exact) mass is 577 g/mol. The molecule has 0 bridgehead atoms. The van der Waals surface area contributed by atoms with Crippen molar-refractivity contribution in [2.75, 3.05) is 44.8 Å². The number of benzene rings is 1. The summed E-state index contributed by atoms with van der Waals surface area (Å²) in [6.07, 6.45) is 4.28. The number of nitrogens with one attached hydrogen (secondary N) is 2. The molecular weight excluding hydrogens is 537 g/mol. The first-order chi connectivity index (χ1) is 20.5. The van der Waals surface area contributed by atoms with E-state index in [-0.39, 0.29) is 35.0 Å². The van der Waals surface area contributed by atoms with Crippen molar-refractivity contribution in [3.05, 3.63) is 60.2 Å². The van der Waals surface area contributed by atoms with Gasteiger partial charge in [0, 0.05) is 43.4 Å². The van der Waals surface area contributed by atoms with E-state index in [9.17, 15) is 9.18 Å². The van der Waals surface area contributed by atoms with Gasteiger partial charge in [0.25, 0.3) is 5.91 Å². The van der Waals surface area contributed by atoms with E-state index in [1.54, 1.807) is 19.4 Å². The van der Waals surface area contributed by atoms with Crippen LogP contribution in [0.25, 0.3) is 11.3 Å². The first-order valence-corrected chi connectivity index (χ1v) is 14.8. The lowest BCUT2D eigenvalue weighted by molar-refractivity contribution is -0.0345. The summed E-state index contributed by atoms with van der Waals surface area (Å²) in [5, 5.41) is 6.38. The summed E-state index contributed by atoms with van der Waals surface area (Å²) in [5.74, 6) is 0.937. The zero-order valence-corrected chi connectivity index (χ0v) is 24.8. The Morgan fingerprint density at radius 2 is 1.98 bits per heavy atom. The molecule has 1 unspecified atom stereocenters. The maximum atomic E-state index is 13.6. The minimum Gasteiger partial charge on any atom is -0.494 e. The van der Waals surface area contributed by atoms with Gasteiger partial charge in [-0.2, -0.15) is 0 Å². The molecule has 0 radical (unpaired) electrons. The number of carbonyl (C=O) groups excluding carboxylic acids is 1. The number of amides is 1. The van der Waals surface area contributed by atoms with E-state index in [1.807, 2.05) is 45.0 Å². The van der Waals surface area contributed by atoms with E-state index in [1.165, 1.54) is 12.1 Å². The van der Waals surface area contributed by atoms with Crippen LogP contribution in [0.15, 0.2) is 48.7 Å².